The van der Waals surface area contributed by atoms with E-state index in [0.29, 0.717) is 33.8 Å². The van der Waals surface area contributed by atoms with Gasteiger partial charge < -0.3 is 4.74 Å². The Morgan fingerprint density at radius 1 is 1.04 bits per heavy atom. The summed E-state index contributed by atoms with van der Waals surface area (Å²) in [6.07, 6.45) is 1.48. The summed E-state index contributed by atoms with van der Waals surface area (Å²) in [4.78, 5) is 20.7. The van der Waals surface area contributed by atoms with Gasteiger partial charge in [0.1, 0.15) is 17.6 Å². The Kier molecular flexibility index (Phi) is 4.40. The van der Waals surface area contributed by atoms with Crippen molar-refractivity contribution in [2.45, 2.75) is 0 Å². The van der Waals surface area contributed by atoms with Crippen LogP contribution in [0.2, 0.25) is 0 Å². The van der Waals surface area contributed by atoms with Crippen molar-refractivity contribution in [3.8, 4) is 40.3 Å². The Morgan fingerprint density at radius 3 is 2.61 bits per heavy atom. The van der Waals surface area contributed by atoms with Crippen molar-refractivity contribution in [1.82, 2.24) is 20.2 Å². The second-order valence-corrected chi connectivity index (χ2v) is 5.77. The lowest BCUT2D eigenvalue weighted by Crippen LogP contribution is -2.02. The quantitative estimate of drug-likeness (QED) is 0.568. The van der Waals surface area contributed by atoms with Crippen LogP contribution < -0.4 is 10.3 Å². The van der Waals surface area contributed by atoms with Crippen LogP contribution in [0.4, 0.5) is 4.39 Å². The Hall–Kier alpha value is -4.25. The molecule has 0 aliphatic carbocycles. The molecule has 4 rings (SSSR count). The first-order valence-corrected chi connectivity index (χ1v) is 8.22. The van der Waals surface area contributed by atoms with E-state index in [2.05, 4.69) is 20.2 Å². The molecule has 28 heavy (non-hydrogen) atoms. The molecule has 7 nitrogen and oxygen atoms in total. The number of halogens is 1. The number of para-hydroxylation sites is 1. The summed E-state index contributed by atoms with van der Waals surface area (Å²) in [6.45, 7) is 0. The SMILES string of the molecule is N#Cc1ccccc1Oc1nccc(-c2[nH][nH]c(=O)c2-c2ccc(F)cc2)n1. The van der Waals surface area contributed by atoms with Crippen LogP contribution in [0.5, 0.6) is 11.8 Å². The third-order valence-corrected chi connectivity index (χ3v) is 4.01. The molecule has 8 heteroatoms. The second-order valence-electron chi connectivity index (χ2n) is 5.77. The molecule has 0 saturated carbocycles. The van der Waals surface area contributed by atoms with E-state index in [0.717, 1.165) is 0 Å². The number of H-pyrrole nitrogens is 2. The average molecular weight is 373 g/mol. The van der Waals surface area contributed by atoms with Gasteiger partial charge in [0.25, 0.3) is 5.56 Å². The van der Waals surface area contributed by atoms with Crippen molar-refractivity contribution in [2.75, 3.05) is 0 Å². The van der Waals surface area contributed by atoms with E-state index in [1.54, 1.807) is 30.3 Å². The summed E-state index contributed by atoms with van der Waals surface area (Å²) in [6, 6.07) is 16.0. The van der Waals surface area contributed by atoms with E-state index in [1.165, 1.54) is 30.5 Å². The highest BCUT2D eigenvalue weighted by atomic mass is 19.1. The lowest BCUT2D eigenvalue weighted by molar-refractivity contribution is 0.441. The maximum Gasteiger partial charge on any atom is 0.322 e. The van der Waals surface area contributed by atoms with Gasteiger partial charge >= 0.3 is 6.01 Å². The fraction of sp³-hybridized carbons (Fsp3) is 0. The molecule has 0 atom stereocenters. The van der Waals surface area contributed by atoms with Gasteiger partial charge in [0, 0.05) is 6.20 Å². The van der Waals surface area contributed by atoms with Crippen LogP contribution in [0.15, 0.2) is 65.6 Å². The first-order valence-electron chi connectivity index (χ1n) is 8.22. The summed E-state index contributed by atoms with van der Waals surface area (Å²) in [7, 11) is 0. The zero-order valence-corrected chi connectivity index (χ0v) is 14.3. The number of ether oxygens (including phenoxy) is 1. The molecule has 2 heterocycles. The molecule has 2 aromatic heterocycles. The second kappa shape index (κ2) is 7.17. The summed E-state index contributed by atoms with van der Waals surface area (Å²) in [5, 5.41) is 14.5. The monoisotopic (exact) mass is 373 g/mol. The molecule has 0 bridgehead atoms. The largest absolute Gasteiger partial charge is 0.423 e. The zero-order chi connectivity index (χ0) is 19.5. The van der Waals surface area contributed by atoms with Gasteiger partial charge in [-0.1, -0.05) is 24.3 Å². The summed E-state index contributed by atoms with van der Waals surface area (Å²) in [5.74, 6) is -0.0744. The number of nitriles is 1. The number of nitrogens with one attached hydrogen (secondary N) is 2. The molecule has 0 aliphatic rings. The van der Waals surface area contributed by atoms with Crippen LogP contribution in [-0.4, -0.2) is 20.2 Å². The summed E-state index contributed by atoms with van der Waals surface area (Å²) >= 11 is 0. The van der Waals surface area contributed by atoms with Crippen LogP contribution in [0.1, 0.15) is 5.56 Å². The van der Waals surface area contributed by atoms with Crippen LogP contribution in [0.25, 0.3) is 22.5 Å². The lowest BCUT2D eigenvalue weighted by Gasteiger charge is -2.07. The predicted octanol–water partition coefficient (Wildman–Crippen LogP) is 3.63. The Labute approximate surface area is 158 Å². The molecule has 136 valence electrons. The van der Waals surface area contributed by atoms with Crippen molar-refractivity contribution >= 4 is 0 Å². The van der Waals surface area contributed by atoms with Crippen molar-refractivity contribution in [3.63, 3.8) is 0 Å². The van der Waals surface area contributed by atoms with Crippen LogP contribution in [-0.2, 0) is 0 Å². The standard InChI is InChI=1S/C20H12FN5O2/c21-14-7-5-12(6-8-14)17-18(25-26-19(17)27)15-9-10-23-20(24-15)28-16-4-2-1-3-13(16)11-22/h1-10H,(H2,25,26,27). The van der Waals surface area contributed by atoms with Gasteiger partial charge in [-0.3, -0.25) is 15.0 Å². The molecule has 0 fully saturated rings. The van der Waals surface area contributed by atoms with Crippen LogP contribution in [0.3, 0.4) is 0 Å². The number of aromatic nitrogens is 4. The first kappa shape index (κ1) is 17.2. The van der Waals surface area contributed by atoms with Crippen molar-refractivity contribution in [1.29, 1.82) is 5.26 Å². The van der Waals surface area contributed by atoms with Gasteiger partial charge in [-0.15, -0.1) is 0 Å². The molecular formula is C20H12FN5O2. The van der Waals surface area contributed by atoms with Crippen LogP contribution in [0, 0.1) is 17.1 Å². The van der Waals surface area contributed by atoms with Gasteiger partial charge in [0.2, 0.25) is 0 Å². The van der Waals surface area contributed by atoms with Gasteiger partial charge in [0.05, 0.1) is 22.5 Å². The molecule has 0 amide bonds. The fourth-order valence-corrected chi connectivity index (χ4v) is 2.72. The zero-order valence-electron chi connectivity index (χ0n) is 14.3. The predicted molar refractivity (Wildman–Crippen MR) is 99.1 cm³/mol. The Balaban J connectivity index is 1.74. The van der Waals surface area contributed by atoms with Gasteiger partial charge in [-0.05, 0) is 35.9 Å². The molecule has 0 unspecified atom stereocenters. The van der Waals surface area contributed by atoms with E-state index in [1.807, 2.05) is 6.07 Å². The highest BCUT2D eigenvalue weighted by Gasteiger charge is 2.16. The number of rotatable bonds is 4. The molecule has 0 spiro atoms. The molecule has 2 N–H and O–H groups in total. The minimum absolute atomic E-state index is 0.0207. The number of hydrogen-bond acceptors (Lipinski definition) is 5. The normalized spacial score (nSPS) is 10.4. The summed E-state index contributed by atoms with van der Waals surface area (Å²) in [5.41, 5.74) is 1.66. The van der Waals surface area contributed by atoms with Crippen molar-refractivity contribution in [2.24, 2.45) is 0 Å². The van der Waals surface area contributed by atoms with Crippen LogP contribution >= 0.6 is 0 Å². The Morgan fingerprint density at radius 2 is 1.82 bits per heavy atom. The van der Waals surface area contributed by atoms with E-state index < -0.39 is 5.82 Å². The lowest BCUT2D eigenvalue weighted by atomic mass is 10.0. The molecule has 0 aliphatic heterocycles. The first-order chi connectivity index (χ1) is 13.7. The molecule has 4 aromatic rings. The van der Waals surface area contributed by atoms with E-state index >= 15 is 0 Å². The van der Waals surface area contributed by atoms with E-state index in [9.17, 15) is 14.4 Å². The fourth-order valence-electron chi connectivity index (χ4n) is 2.72. The molecule has 0 saturated heterocycles. The maximum atomic E-state index is 13.2. The van der Waals surface area contributed by atoms with Gasteiger partial charge in [0.15, 0.2) is 0 Å². The number of benzene rings is 2. The third-order valence-electron chi connectivity index (χ3n) is 4.01. The molecular weight excluding hydrogens is 361 g/mol. The topological polar surface area (TPSA) is 107 Å². The molecule has 0 radical (unpaired) electrons. The third kappa shape index (κ3) is 3.24. The minimum atomic E-state index is -0.397. The van der Waals surface area contributed by atoms with Gasteiger partial charge in [-0.2, -0.15) is 10.2 Å². The van der Waals surface area contributed by atoms with Crippen molar-refractivity contribution < 1.29 is 9.13 Å². The highest BCUT2D eigenvalue weighted by Crippen LogP contribution is 2.28. The average Bonchev–Trinajstić information content (AvgIpc) is 3.11. The minimum Gasteiger partial charge on any atom is -0.423 e. The molecule has 2 aromatic carbocycles. The van der Waals surface area contributed by atoms with E-state index in [-0.39, 0.29) is 11.6 Å². The number of nitrogens with zero attached hydrogens (tertiary/aromatic N) is 3. The highest BCUT2D eigenvalue weighted by molar-refractivity contribution is 5.78. The number of aromatic amines is 2. The smallest absolute Gasteiger partial charge is 0.322 e. The summed E-state index contributed by atoms with van der Waals surface area (Å²) < 4.78 is 18.9. The Bertz CT molecular complexity index is 1240. The van der Waals surface area contributed by atoms with E-state index in [4.69, 9.17) is 4.74 Å². The number of hydrogen-bond donors (Lipinski definition) is 2. The van der Waals surface area contributed by atoms with Gasteiger partial charge in [-0.25, -0.2) is 9.37 Å². The van der Waals surface area contributed by atoms with Crippen molar-refractivity contribution in [3.05, 3.63) is 82.5 Å². The maximum absolute atomic E-state index is 13.2.